The first-order valence-electron chi connectivity index (χ1n) is 6.93. The molecule has 19 heavy (non-hydrogen) atoms. The van der Waals surface area contributed by atoms with E-state index in [1.54, 1.807) is 0 Å². The summed E-state index contributed by atoms with van der Waals surface area (Å²) in [6, 6.07) is 0.642. The zero-order chi connectivity index (χ0) is 13.2. The molecule has 4 nitrogen and oxygen atoms in total. The van der Waals surface area contributed by atoms with Gasteiger partial charge in [-0.1, -0.05) is 20.8 Å². The van der Waals surface area contributed by atoms with Crippen LogP contribution in [0, 0.1) is 0 Å². The van der Waals surface area contributed by atoms with Gasteiger partial charge in [-0.05, 0) is 26.4 Å². The van der Waals surface area contributed by atoms with E-state index in [9.17, 15) is 0 Å². The highest BCUT2D eigenvalue weighted by Gasteiger charge is 2.23. The van der Waals surface area contributed by atoms with Crippen molar-refractivity contribution in [3.8, 4) is 0 Å². The van der Waals surface area contributed by atoms with Gasteiger partial charge in [0, 0.05) is 35.8 Å². The lowest BCUT2D eigenvalue weighted by molar-refractivity contribution is 0.187. The van der Waals surface area contributed by atoms with Crippen LogP contribution in [0.1, 0.15) is 44.9 Å². The van der Waals surface area contributed by atoms with Crippen LogP contribution in [0.25, 0.3) is 0 Å². The number of aromatic nitrogens is 2. The van der Waals surface area contributed by atoms with Gasteiger partial charge in [-0.3, -0.25) is 10.00 Å². The lowest BCUT2D eigenvalue weighted by Gasteiger charge is -2.33. The van der Waals surface area contributed by atoms with Crippen molar-refractivity contribution >= 4 is 12.4 Å². The molecule has 1 saturated heterocycles. The van der Waals surface area contributed by atoms with E-state index in [2.05, 4.69) is 48.2 Å². The van der Waals surface area contributed by atoms with Gasteiger partial charge in [0.2, 0.25) is 0 Å². The van der Waals surface area contributed by atoms with Crippen LogP contribution < -0.4 is 5.32 Å². The third-order valence-electron chi connectivity index (χ3n) is 3.78. The van der Waals surface area contributed by atoms with Gasteiger partial charge in [-0.15, -0.1) is 12.4 Å². The molecular weight excluding hydrogens is 260 g/mol. The summed E-state index contributed by atoms with van der Waals surface area (Å²) in [7, 11) is 2.06. The van der Waals surface area contributed by atoms with E-state index in [1.807, 2.05) is 6.20 Å². The first-order valence-corrected chi connectivity index (χ1v) is 6.93. The van der Waals surface area contributed by atoms with Crippen LogP contribution >= 0.6 is 12.4 Å². The number of hydrogen-bond donors (Lipinski definition) is 2. The van der Waals surface area contributed by atoms with Crippen molar-refractivity contribution < 1.29 is 0 Å². The maximum atomic E-state index is 4.23. The molecule has 1 aromatic heterocycles. The van der Waals surface area contributed by atoms with Crippen LogP contribution in [0.2, 0.25) is 0 Å². The molecule has 2 heterocycles. The second-order valence-electron chi connectivity index (χ2n) is 6.38. The lowest BCUT2D eigenvalue weighted by Crippen LogP contribution is -2.44. The average molecular weight is 287 g/mol. The molecule has 2 N–H and O–H groups in total. The van der Waals surface area contributed by atoms with E-state index < -0.39 is 0 Å². The largest absolute Gasteiger partial charge is 0.316 e. The van der Waals surface area contributed by atoms with Gasteiger partial charge in [0.25, 0.3) is 0 Å². The van der Waals surface area contributed by atoms with Crippen molar-refractivity contribution in [3.05, 3.63) is 17.5 Å². The molecule has 5 heteroatoms. The summed E-state index contributed by atoms with van der Waals surface area (Å²) in [5.74, 6) is 0. The van der Waals surface area contributed by atoms with Gasteiger partial charge < -0.3 is 5.32 Å². The van der Waals surface area contributed by atoms with Gasteiger partial charge in [0.15, 0.2) is 0 Å². The quantitative estimate of drug-likeness (QED) is 0.896. The summed E-state index contributed by atoms with van der Waals surface area (Å²) in [4.78, 5) is 2.53. The summed E-state index contributed by atoms with van der Waals surface area (Å²) in [6.07, 6.45) is 4.57. The second kappa shape index (κ2) is 6.73. The summed E-state index contributed by atoms with van der Waals surface area (Å²) >= 11 is 0. The van der Waals surface area contributed by atoms with Crippen molar-refractivity contribution in [1.29, 1.82) is 0 Å². The van der Waals surface area contributed by atoms with Crippen LogP contribution in [0.15, 0.2) is 6.20 Å². The van der Waals surface area contributed by atoms with Gasteiger partial charge in [-0.25, -0.2) is 0 Å². The molecule has 0 aromatic carbocycles. The summed E-state index contributed by atoms with van der Waals surface area (Å²) in [6.45, 7) is 10.1. The molecule has 0 amide bonds. The Balaban J connectivity index is 0.00000180. The molecule has 1 aliphatic rings. The minimum atomic E-state index is 0. The highest BCUT2D eigenvalue weighted by atomic mass is 35.5. The Morgan fingerprint density at radius 1 is 1.47 bits per heavy atom. The first kappa shape index (κ1) is 16.5. The van der Waals surface area contributed by atoms with E-state index in [1.165, 1.54) is 30.6 Å². The van der Waals surface area contributed by atoms with Gasteiger partial charge in [-0.2, -0.15) is 5.10 Å². The molecule has 0 aliphatic carbocycles. The number of hydrogen-bond acceptors (Lipinski definition) is 3. The Morgan fingerprint density at radius 3 is 2.84 bits per heavy atom. The highest BCUT2D eigenvalue weighted by Crippen LogP contribution is 2.25. The number of H-pyrrole nitrogens is 1. The van der Waals surface area contributed by atoms with Crippen molar-refractivity contribution in [2.75, 3.05) is 20.1 Å². The Bertz CT molecular complexity index is 383. The zero-order valence-electron chi connectivity index (χ0n) is 12.5. The zero-order valence-corrected chi connectivity index (χ0v) is 13.3. The monoisotopic (exact) mass is 286 g/mol. The average Bonchev–Trinajstić information content (AvgIpc) is 2.77. The highest BCUT2D eigenvalue weighted by molar-refractivity contribution is 5.85. The SMILES string of the molecule is CNC1CCCN(Cc2cn[nH]c2C(C)(C)C)C1.Cl. The number of likely N-dealkylation sites (tertiary alicyclic amines) is 1. The maximum absolute atomic E-state index is 4.23. The second-order valence-corrected chi connectivity index (χ2v) is 6.38. The molecule has 1 unspecified atom stereocenters. The molecule has 0 radical (unpaired) electrons. The van der Waals surface area contributed by atoms with E-state index in [4.69, 9.17) is 0 Å². The molecule has 1 fully saturated rings. The molecule has 0 spiro atoms. The predicted octanol–water partition coefficient (Wildman–Crippen LogP) is 2.31. The maximum Gasteiger partial charge on any atom is 0.0535 e. The number of nitrogens with zero attached hydrogens (tertiary/aromatic N) is 2. The molecule has 0 bridgehead atoms. The van der Waals surface area contributed by atoms with E-state index >= 15 is 0 Å². The molecular formula is C14H27ClN4. The van der Waals surface area contributed by atoms with Crippen LogP contribution in [-0.4, -0.2) is 41.3 Å². The van der Waals surface area contributed by atoms with Crippen molar-refractivity contribution in [3.63, 3.8) is 0 Å². The van der Waals surface area contributed by atoms with Gasteiger partial charge in [0.05, 0.1) is 6.20 Å². The fourth-order valence-electron chi connectivity index (χ4n) is 2.76. The van der Waals surface area contributed by atoms with Gasteiger partial charge in [0.1, 0.15) is 0 Å². The number of likely N-dealkylation sites (N-methyl/N-ethyl adjacent to an activating group) is 1. The number of aromatic amines is 1. The minimum Gasteiger partial charge on any atom is -0.316 e. The minimum absolute atomic E-state index is 0. The molecule has 1 atom stereocenters. The molecule has 0 saturated carbocycles. The fourth-order valence-corrected chi connectivity index (χ4v) is 2.76. The number of nitrogens with one attached hydrogen (secondary N) is 2. The van der Waals surface area contributed by atoms with Crippen LogP contribution in [0.3, 0.4) is 0 Å². The lowest BCUT2D eigenvalue weighted by atomic mass is 9.89. The normalized spacial score (nSPS) is 21.2. The topological polar surface area (TPSA) is 44.0 Å². The molecule has 1 aliphatic heterocycles. The molecule has 110 valence electrons. The van der Waals surface area contributed by atoms with Crippen molar-refractivity contribution in [2.24, 2.45) is 0 Å². The van der Waals surface area contributed by atoms with Crippen molar-refractivity contribution in [1.82, 2.24) is 20.4 Å². The third-order valence-corrected chi connectivity index (χ3v) is 3.78. The summed E-state index contributed by atoms with van der Waals surface area (Å²) in [5.41, 5.74) is 2.76. The van der Waals surface area contributed by atoms with Crippen LogP contribution in [0.4, 0.5) is 0 Å². The van der Waals surface area contributed by atoms with E-state index in [0.717, 1.165) is 13.1 Å². The third kappa shape index (κ3) is 4.20. The number of halogens is 1. The Morgan fingerprint density at radius 2 is 2.21 bits per heavy atom. The standard InChI is InChI=1S/C14H26N4.ClH/c1-14(2,3)13-11(8-16-17-13)9-18-7-5-6-12(10-18)15-4;/h8,12,15H,5-7,9-10H2,1-4H3,(H,16,17);1H. The fraction of sp³-hybridized carbons (Fsp3) is 0.786. The summed E-state index contributed by atoms with van der Waals surface area (Å²) < 4.78 is 0. The Kier molecular flexibility index (Phi) is 5.83. The Hall–Kier alpha value is -0.580. The molecule has 2 rings (SSSR count). The smallest absolute Gasteiger partial charge is 0.0535 e. The van der Waals surface area contributed by atoms with E-state index in [0.29, 0.717) is 6.04 Å². The van der Waals surface area contributed by atoms with Crippen molar-refractivity contribution in [2.45, 2.75) is 51.6 Å². The van der Waals surface area contributed by atoms with Crippen LogP contribution in [-0.2, 0) is 12.0 Å². The molecule has 1 aromatic rings. The van der Waals surface area contributed by atoms with Crippen LogP contribution in [0.5, 0.6) is 0 Å². The number of piperidine rings is 1. The summed E-state index contributed by atoms with van der Waals surface area (Å²) in [5, 5.41) is 10.8. The predicted molar refractivity (Wildman–Crippen MR) is 81.9 cm³/mol. The first-order chi connectivity index (χ1) is 8.50. The van der Waals surface area contributed by atoms with E-state index in [-0.39, 0.29) is 17.8 Å². The Labute approximate surface area is 122 Å². The number of rotatable bonds is 3. The van der Waals surface area contributed by atoms with Gasteiger partial charge >= 0.3 is 0 Å².